The molecule has 0 atom stereocenters. The molecule has 0 radical (unpaired) electrons. The maximum Gasteiger partial charge on any atom is 0.251 e. The summed E-state index contributed by atoms with van der Waals surface area (Å²) < 4.78 is 5.39. The first kappa shape index (κ1) is 17.5. The number of hydrogen-bond donors (Lipinski definition) is 2. The van der Waals surface area contributed by atoms with Gasteiger partial charge in [0.15, 0.2) is 0 Å². The average Bonchev–Trinajstić information content (AvgIpc) is 2.94. The van der Waals surface area contributed by atoms with Crippen molar-refractivity contribution >= 4 is 18.3 Å². The first-order chi connectivity index (χ1) is 9.69. The number of hydrogen-bond acceptors (Lipinski definition) is 3. The standard InChI is InChI=1S/C16H22N2O2.ClH/c1-2-11-20-14-7-5-13(6-8-14)15(19)18-16(12-17)9-3-4-10-16;/h2,5-8H,1,3-4,9-12,17H2,(H,18,19);1H. The summed E-state index contributed by atoms with van der Waals surface area (Å²) >= 11 is 0. The monoisotopic (exact) mass is 310 g/mol. The molecule has 0 spiro atoms. The molecule has 0 aromatic heterocycles. The van der Waals surface area contributed by atoms with Crippen molar-refractivity contribution in [3.8, 4) is 5.75 Å². The van der Waals surface area contributed by atoms with Crippen LogP contribution < -0.4 is 15.8 Å². The van der Waals surface area contributed by atoms with Crippen LogP contribution in [0.3, 0.4) is 0 Å². The molecule has 5 heteroatoms. The van der Waals surface area contributed by atoms with E-state index in [1.54, 1.807) is 30.3 Å². The molecule has 1 amide bonds. The summed E-state index contributed by atoms with van der Waals surface area (Å²) in [6, 6.07) is 7.13. The van der Waals surface area contributed by atoms with Gasteiger partial charge in [0.2, 0.25) is 0 Å². The van der Waals surface area contributed by atoms with E-state index in [-0.39, 0.29) is 23.9 Å². The van der Waals surface area contributed by atoms with Crippen LogP contribution in [-0.4, -0.2) is 24.6 Å². The van der Waals surface area contributed by atoms with Gasteiger partial charge in [-0.3, -0.25) is 4.79 Å². The molecule has 1 aromatic carbocycles. The Morgan fingerprint density at radius 3 is 2.48 bits per heavy atom. The number of ether oxygens (including phenoxy) is 1. The van der Waals surface area contributed by atoms with E-state index < -0.39 is 0 Å². The van der Waals surface area contributed by atoms with Gasteiger partial charge in [0.05, 0.1) is 5.54 Å². The zero-order valence-corrected chi connectivity index (χ0v) is 13.0. The number of halogens is 1. The Hall–Kier alpha value is -1.52. The highest BCUT2D eigenvalue weighted by Crippen LogP contribution is 2.29. The lowest BCUT2D eigenvalue weighted by Crippen LogP contribution is -2.51. The molecule has 0 bridgehead atoms. The van der Waals surface area contributed by atoms with Gasteiger partial charge in [0.1, 0.15) is 12.4 Å². The fourth-order valence-electron chi connectivity index (χ4n) is 2.60. The molecule has 116 valence electrons. The number of carbonyl (C=O) groups is 1. The maximum absolute atomic E-state index is 12.3. The molecule has 0 aliphatic heterocycles. The van der Waals surface area contributed by atoms with Gasteiger partial charge >= 0.3 is 0 Å². The summed E-state index contributed by atoms with van der Waals surface area (Å²) in [6.07, 6.45) is 5.88. The number of rotatable bonds is 6. The van der Waals surface area contributed by atoms with Gasteiger partial charge < -0.3 is 15.8 Å². The van der Waals surface area contributed by atoms with E-state index in [1.807, 2.05) is 0 Å². The number of nitrogens with two attached hydrogens (primary N) is 1. The zero-order valence-electron chi connectivity index (χ0n) is 12.1. The highest BCUT2D eigenvalue weighted by molar-refractivity contribution is 5.94. The van der Waals surface area contributed by atoms with Crippen LogP contribution in [0.1, 0.15) is 36.0 Å². The third-order valence-electron chi connectivity index (χ3n) is 3.81. The molecule has 4 nitrogen and oxygen atoms in total. The topological polar surface area (TPSA) is 64.3 Å². The first-order valence-corrected chi connectivity index (χ1v) is 7.05. The Balaban J connectivity index is 0.00000220. The van der Waals surface area contributed by atoms with Crippen molar-refractivity contribution in [3.63, 3.8) is 0 Å². The fraction of sp³-hybridized carbons (Fsp3) is 0.438. The van der Waals surface area contributed by atoms with Crippen molar-refractivity contribution in [2.75, 3.05) is 13.2 Å². The van der Waals surface area contributed by atoms with Gasteiger partial charge in [-0.1, -0.05) is 25.5 Å². The van der Waals surface area contributed by atoms with Crippen molar-refractivity contribution in [3.05, 3.63) is 42.5 Å². The highest BCUT2D eigenvalue weighted by atomic mass is 35.5. The quantitative estimate of drug-likeness (QED) is 0.794. The lowest BCUT2D eigenvalue weighted by Gasteiger charge is -2.28. The summed E-state index contributed by atoms with van der Waals surface area (Å²) in [5.74, 6) is 0.670. The third kappa shape index (κ3) is 4.48. The van der Waals surface area contributed by atoms with Crippen LogP contribution in [0.15, 0.2) is 36.9 Å². The minimum absolute atomic E-state index is 0. The normalized spacial score (nSPS) is 15.9. The van der Waals surface area contributed by atoms with Gasteiger partial charge in [-0.05, 0) is 37.1 Å². The third-order valence-corrected chi connectivity index (χ3v) is 3.81. The summed E-state index contributed by atoms with van der Waals surface area (Å²) in [7, 11) is 0. The van der Waals surface area contributed by atoms with E-state index in [4.69, 9.17) is 10.5 Å². The minimum atomic E-state index is -0.213. The van der Waals surface area contributed by atoms with Crippen LogP contribution >= 0.6 is 12.4 Å². The molecule has 21 heavy (non-hydrogen) atoms. The van der Waals surface area contributed by atoms with E-state index in [2.05, 4.69) is 11.9 Å². The molecule has 1 saturated carbocycles. The molecule has 1 fully saturated rings. The Kier molecular flexibility index (Phi) is 6.72. The Morgan fingerprint density at radius 2 is 1.95 bits per heavy atom. The van der Waals surface area contributed by atoms with Gasteiger partial charge in [0.25, 0.3) is 5.91 Å². The van der Waals surface area contributed by atoms with Gasteiger partial charge in [-0.2, -0.15) is 0 Å². The average molecular weight is 311 g/mol. The highest BCUT2D eigenvalue weighted by Gasteiger charge is 2.33. The maximum atomic E-state index is 12.3. The molecule has 0 heterocycles. The second-order valence-electron chi connectivity index (χ2n) is 5.27. The predicted octanol–water partition coefficient (Wildman–Crippen LogP) is 2.67. The largest absolute Gasteiger partial charge is 0.490 e. The van der Waals surface area contributed by atoms with Gasteiger partial charge in [-0.25, -0.2) is 0 Å². The molecule has 1 aromatic rings. The van der Waals surface area contributed by atoms with Crippen LogP contribution in [0.2, 0.25) is 0 Å². The molecule has 0 saturated heterocycles. The Morgan fingerprint density at radius 1 is 1.33 bits per heavy atom. The number of nitrogens with one attached hydrogen (secondary N) is 1. The minimum Gasteiger partial charge on any atom is -0.490 e. The van der Waals surface area contributed by atoms with E-state index in [9.17, 15) is 4.79 Å². The summed E-state index contributed by atoms with van der Waals surface area (Å²) in [5, 5.41) is 3.10. The Labute approximate surface area is 132 Å². The second-order valence-corrected chi connectivity index (χ2v) is 5.27. The molecule has 0 unspecified atom stereocenters. The van der Waals surface area contributed by atoms with Crippen LogP contribution in [0.4, 0.5) is 0 Å². The molecule has 1 aliphatic carbocycles. The van der Waals surface area contributed by atoms with E-state index in [0.717, 1.165) is 31.4 Å². The summed E-state index contributed by atoms with van der Waals surface area (Å²) in [4.78, 5) is 12.3. The fourth-order valence-corrected chi connectivity index (χ4v) is 2.60. The van der Waals surface area contributed by atoms with Crippen LogP contribution in [0.5, 0.6) is 5.75 Å². The lowest BCUT2D eigenvalue weighted by molar-refractivity contribution is 0.0903. The van der Waals surface area contributed by atoms with E-state index >= 15 is 0 Å². The Bertz CT molecular complexity index is 468. The van der Waals surface area contributed by atoms with Crippen LogP contribution in [0, 0.1) is 0 Å². The predicted molar refractivity (Wildman–Crippen MR) is 87.1 cm³/mol. The molecule has 1 aliphatic rings. The second kappa shape index (κ2) is 8.05. The number of benzene rings is 1. The van der Waals surface area contributed by atoms with Crippen molar-refractivity contribution in [1.82, 2.24) is 5.32 Å². The smallest absolute Gasteiger partial charge is 0.251 e. The number of carbonyl (C=O) groups excluding carboxylic acids is 1. The van der Waals surface area contributed by atoms with Crippen molar-refractivity contribution < 1.29 is 9.53 Å². The van der Waals surface area contributed by atoms with Crippen molar-refractivity contribution in [2.45, 2.75) is 31.2 Å². The molecular formula is C16H23ClN2O2. The van der Waals surface area contributed by atoms with E-state index in [1.165, 1.54) is 0 Å². The molecule has 3 N–H and O–H groups in total. The first-order valence-electron chi connectivity index (χ1n) is 7.05. The van der Waals surface area contributed by atoms with Crippen LogP contribution in [-0.2, 0) is 0 Å². The van der Waals surface area contributed by atoms with Crippen LogP contribution in [0.25, 0.3) is 0 Å². The summed E-state index contributed by atoms with van der Waals surface area (Å²) in [6.45, 7) is 4.55. The van der Waals surface area contributed by atoms with Crippen molar-refractivity contribution in [2.24, 2.45) is 5.73 Å². The summed E-state index contributed by atoms with van der Waals surface area (Å²) in [5.41, 5.74) is 6.25. The molecular weight excluding hydrogens is 288 g/mol. The SMILES string of the molecule is C=CCOc1ccc(C(=O)NC2(CN)CCCC2)cc1.Cl. The molecule has 2 rings (SSSR count). The van der Waals surface area contributed by atoms with Crippen molar-refractivity contribution in [1.29, 1.82) is 0 Å². The van der Waals surface area contributed by atoms with Gasteiger partial charge in [-0.15, -0.1) is 12.4 Å². The zero-order chi connectivity index (χ0) is 14.4. The van der Waals surface area contributed by atoms with E-state index in [0.29, 0.717) is 18.7 Å². The van der Waals surface area contributed by atoms with Gasteiger partial charge in [0, 0.05) is 12.1 Å². The lowest BCUT2D eigenvalue weighted by atomic mass is 9.97. The number of amides is 1.